The van der Waals surface area contributed by atoms with Gasteiger partial charge < -0.3 is 13.9 Å². The zero-order valence-corrected chi connectivity index (χ0v) is 24.7. The van der Waals surface area contributed by atoms with E-state index in [1.165, 1.54) is 49.7 Å². The zero-order valence-electron chi connectivity index (χ0n) is 23.9. The molecular weight excluding hydrogens is 558 g/mol. The average Bonchev–Trinajstić information content (AvgIpc) is 3.48. The number of rotatable bonds is 11. The summed E-state index contributed by atoms with van der Waals surface area (Å²) in [6.07, 6.45) is 11.7. The molecule has 1 aliphatic heterocycles. The van der Waals surface area contributed by atoms with Gasteiger partial charge in [0.1, 0.15) is 10.4 Å². The summed E-state index contributed by atoms with van der Waals surface area (Å²) in [6.45, 7) is 2.77. The van der Waals surface area contributed by atoms with Crippen LogP contribution in [0.25, 0.3) is 22.4 Å². The first kappa shape index (κ1) is 30.3. The van der Waals surface area contributed by atoms with Gasteiger partial charge in [-0.3, -0.25) is 18.5 Å². The van der Waals surface area contributed by atoms with Crippen LogP contribution < -0.4 is 11.0 Å². The maximum atomic E-state index is 12.9. The van der Waals surface area contributed by atoms with Crippen molar-refractivity contribution < 1.29 is 23.1 Å². The third kappa shape index (κ3) is 7.41. The Morgan fingerprint density at radius 3 is 2.52 bits per heavy atom. The molecule has 2 aromatic heterocycles. The molecule has 1 amide bonds. The standard InChI is InChI=1S/C30H39N5O6S/c1-30(42(38)39,29(37)32-41-28-9-5-6-18-40-28)15-17-34-16-14-25(19-27(34)36)23-10-12-24(13-11-23)26-21-35(33-31-26)20-22-7-3-2-4-8-22/h10-14,16,19,21-22,28H,2-9,15,17-18,20H2,1H3,(H,32,37)(H,38,39)/p-1. The number of nitrogens with zero attached hydrogens (tertiary/aromatic N) is 4. The molecule has 5 rings (SSSR count). The second-order valence-electron chi connectivity index (χ2n) is 11.4. The molecular formula is C30H38N5O6S-. The van der Waals surface area contributed by atoms with Gasteiger partial charge in [0, 0.05) is 43.9 Å². The highest BCUT2D eigenvalue weighted by atomic mass is 32.2. The van der Waals surface area contributed by atoms with E-state index in [1.807, 2.05) is 35.1 Å². The summed E-state index contributed by atoms with van der Waals surface area (Å²) in [5, 5.41) is 8.68. The Hall–Kier alpha value is -3.19. The van der Waals surface area contributed by atoms with E-state index in [0.717, 1.165) is 41.8 Å². The number of carbonyl (C=O) groups is 1. The molecule has 12 heteroatoms. The molecule has 0 radical (unpaired) electrons. The lowest BCUT2D eigenvalue weighted by atomic mass is 9.89. The second kappa shape index (κ2) is 13.9. The Morgan fingerprint density at radius 2 is 1.83 bits per heavy atom. The molecule has 11 nitrogen and oxygen atoms in total. The van der Waals surface area contributed by atoms with Crippen molar-refractivity contribution in [1.82, 2.24) is 25.0 Å². The van der Waals surface area contributed by atoms with Crippen molar-refractivity contribution >= 4 is 17.0 Å². The van der Waals surface area contributed by atoms with Gasteiger partial charge in [0.25, 0.3) is 11.5 Å². The van der Waals surface area contributed by atoms with Gasteiger partial charge in [-0.1, -0.05) is 48.7 Å². The van der Waals surface area contributed by atoms with Crippen LogP contribution in [-0.4, -0.2) is 51.9 Å². The summed E-state index contributed by atoms with van der Waals surface area (Å²) in [5.41, 5.74) is 5.30. The summed E-state index contributed by atoms with van der Waals surface area (Å²) in [7, 11) is 0. The summed E-state index contributed by atoms with van der Waals surface area (Å²) >= 11 is -2.75. The van der Waals surface area contributed by atoms with Crippen molar-refractivity contribution in [2.75, 3.05) is 6.61 Å². The predicted molar refractivity (Wildman–Crippen MR) is 156 cm³/mol. The summed E-state index contributed by atoms with van der Waals surface area (Å²) in [5.74, 6) is -0.134. The molecule has 1 aromatic carbocycles. The first-order valence-corrected chi connectivity index (χ1v) is 15.8. The number of carbonyl (C=O) groups excluding carboxylic acids is 1. The van der Waals surface area contributed by atoms with Crippen LogP contribution in [0.15, 0.2) is 53.6 Å². The molecule has 3 unspecified atom stereocenters. The minimum absolute atomic E-state index is 0.0341. The Morgan fingerprint density at radius 1 is 1.10 bits per heavy atom. The molecule has 0 spiro atoms. The minimum Gasteiger partial charge on any atom is -0.772 e. The summed E-state index contributed by atoms with van der Waals surface area (Å²) in [4.78, 5) is 30.9. The number of hydrogen-bond donors (Lipinski definition) is 1. The Labute approximate surface area is 247 Å². The van der Waals surface area contributed by atoms with Crippen molar-refractivity contribution in [2.24, 2.45) is 5.92 Å². The molecule has 42 heavy (non-hydrogen) atoms. The van der Waals surface area contributed by atoms with Gasteiger partial charge >= 0.3 is 0 Å². The van der Waals surface area contributed by atoms with Crippen LogP contribution in [-0.2, 0) is 38.5 Å². The van der Waals surface area contributed by atoms with Crippen LogP contribution >= 0.6 is 0 Å². The molecule has 226 valence electrons. The molecule has 1 saturated carbocycles. The number of nitrogens with one attached hydrogen (secondary N) is 1. The quantitative estimate of drug-likeness (QED) is 0.259. The van der Waals surface area contributed by atoms with E-state index in [2.05, 4.69) is 15.8 Å². The highest BCUT2D eigenvalue weighted by Gasteiger charge is 2.35. The average molecular weight is 597 g/mol. The molecule has 1 aliphatic carbocycles. The van der Waals surface area contributed by atoms with Gasteiger partial charge in [0.2, 0.25) is 0 Å². The lowest BCUT2D eigenvalue weighted by Crippen LogP contribution is -2.49. The maximum Gasteiger partial charge on any atom is 0.261 e. The SMILES string of the molecule is CC(CCn1ccc(-c2ccc(-c3cn(CC4CCCCC4)nn3)cc2)cc1=O)(C(=O)NOC1CCCCO1)S(=O)[O-]. The van der Waals surface area contributed by atoms with Crippen molar-refractivity contribution in [2.45, 2.75) is 88.8 Å². The lowest BCUT2D eigenvalue weighted by molar-refractivity contribution is -0.201. The largest absolute Gasteiger partial charge is 0.772 e. The van der Waals surface area contributed by atoms with E-state index in [-0.39, 0.29) is 18.5 Å². The van der Waals surface area contributed by atoms with Crippen LogP contribution in [0.5, 0.6) is 0 Å². The van der Waals surface area contributed by atoms with Gasteiger partial charge in [0.05, 0.1) is 6.20 Å². The monoisotopic (exact) mass is 596 g/mol. The third-order valence-corrected chi connectivity index (χ3v) is 9.44. The molecule has 3 atom stereocenters. The van der Waals surface area contributed by atoms with Crippen molar-refractivity contribution in [1.29, 1.82) is 0 Å². The van der Waals surface area contributed by atoms with Gasteiger partial charge in [-0.15, -0.1) is 5.10 Å². The van der Waals surface area contributed by atoms with Crippen LogP contribution in [0, 0.1) is 5.92 Å². The molecule has 0 bridgehead atoms. The third-order valence-electron chi connectivity index (χ3n) is 8.32. The molecule has 1 saturated heterocycles. The number of aromatic nitrogens is 4. The normalized spacial score (nSPS) is 20.1. The smallest absolute Gasteiger partial charge is 0.261 e. The van der Waals surface area contributed by atoms with E-state index in [1.54, 1.807) is 12.3 Å². The van der Waals surface area contributed by atoms with E-state index < -0.39 is 28.0 Å². The lowest BCUT2D eigenvalue weighted by Gasteiger charge is -2.31. The van der Waals surface area contributed by atoms with Gasteiger partial charge in [-0.2, -0.15) is 0 Å². The highest BCUT2D eigenvalue weighted by Crippen LogP contribution is 2.27. The minimum atomic E-state index is -2.75. The predicted octanol–water partition coefficient (Wildman–Crippen LogP) is 3.96. The van der Waals surface area contributed by atoms with Crippen molar-refractivity contribution in [3.63, 3.8) is 0 Å². The first-order chi connectivity index (χ1) is 20.3. The van der Waals surface area contributed by atoms with Crippen molar-refractivity contribution in [3.8, 4) is 22.4 Å². The molecule has 3 aromatic rings. The van der Waals surface area contributed by atoms with Gasteiger partial charge in [0.15, 0.2) is 6.29 Å². The van der Waals surface area contributed by atoms with Gasteiger partial charge in [-0.05, 0) is 73.2 Å². The number of pyridine rings is 1. The number of benzene rings is 1. The fourth-order valence-corrected chi connectivity index (χ4v) is 5.95. The Bertz CT molecular complexity index is 1430. The number of aryl methyl sites for hydroxylation is 1. The Balaban J connectivity index is 1.19. The molecule has 2 fully saturated rings. The number of hydrogen-bond acceptors (Lipinski definition) is 8. The molecule has 2 aliphatic rings. The second-order valence-corrected chi connectivity index (χ2v) is 12.8. The topological polar surface area (TPSA) is 140 Å². The van der Waals surface area contributed by atoms with Gasteiger partial charge in [-0.25, -0.2) is 10.3 Å². The molecule has 3 heterocycles. The van der Waals surface area contributed by atoms with E-state index in [4.69, 9.17) is 9.57 Å². The van der Waals surface area contributed by atoms with Crippen molar-refractivity contribution in [3.05, 3.63) is 59.1 Å². The van der Waals surface area contributed by atoms with Crippen LogP contribution in [0.2, 0.25) is 0 Å². The zero-order chi connectivity index (χ0) is 29.5. The number of ether oxygens (including phenoxy) is 1. The number of hydroxylamine groups is 1. The van der Waals surface area contributed by atoms with E-state index >= 15 is 0 Å². The number of amides is 1. The first-order valence-electron chi connectivity index (χ1n) is 14.7. The molecule has 1 N–H and O–H groups in total. The van der Waals surface area contributed by atoms with Crippen LogP contribution in [0.3, 0.4) is 0 Å². The maximum absolute atomic E-state index is 12.9. The Kier molecular flexibility index (Phi) is 9.99. The summed E-state index contributed by atoms with van der Waals surface area (Å²) in [6, 6.07) is 11.1. The van der Waals surface area contributed by atoms with E-state index in [0.29, 0.717) is 18.9 Å². The van der Waals surface area contributed by atoms with E-state index in [9.17, 15) is 18.4 Å². The fourth-order valence-electron chi connectivity index (χ4n) is 5.50. The van der Waals surface area contributed by atoms with Crippen LogP contribution in [0.4, 0.5) is 0 Å². The fraction of sp³-hybridized carbons (Fsp3) is 0.533. The highest BCUT2D eigenvalue weighted by molar-refractivity contribution is 7.81. The summed E-state index contributed by atoms with van der Waals surface area (Å²) < 4.78 is 31.0. The van der Waals surface area contributed by atoms with Crippen LogP contribution in [0.1, 0.15) is 64.7 Å².